The quantitative estimate of drug-likeness (QED) is 0.523. The molecule has 1 unspecified atom stereocenters. The third-order valence-electron chi connectivity index (χ3n) is 4.99. The van der Waals surface area contributed by atoms with E-state index in [9.17, 15) is 4.79 Å². The van der Waals surface area contributed by atoms with Gasteiger partial charge in [0.1, 0.15) is 5.75 Å². The molecule has 152 valence electrons. The first-order valence-corrected chi connectivity index (χ1v) is 11.0. The molecule has 7 heteroatoms. The van der Waals surface area contributed by atoms with E-state index >= 15 is 0 Å². The smallest absolute Gasteiger partial charge is 0.266 e. The van der Waals surface area contributed by atoms with Gasteiger partial charge in [-0.05, 0) is 55.2 Å². The highest BCUT2D eigenvalue weighted by molar-refractivity contribution is 7.22. The molecule has 1 aromatic heterocycles. The molecule has 1 fully saturated rings. The average molecular weight is 431 g/mol. The van der Waals surface area contributed by atoms with E-state index in [2.05, 4.69) is 19.1 Å². The van der Waals surface area contributed by atoms with E-state index in [0.29, 0.717) is 22.4 Å². The molecule has 1 aliphatic heterocycles. The summed E-state index contributed by atoms with van der Waals surface area (Å²) >= 11 is 7.45. The summed E-state index contributed by atoms with van der Waals surface area (Å²) < 4.78 is 12.6. The zero-order chi connectivity index (χ0) is 20.2. The van der Waals surface area contributed by atoms with E-state index in [4.69, 9.17) is 26.1 Å². The van der Waals surface area contributed by atoms with Gasteiger partial charge in [-0.3, -0.25) is 9.69 Å². The molecule has 0 radical (unpaired) electrons. The molecule has 5 nitrogen and oxygen atoms in total. The van der Waals surface area contributed by atoms with E-state index in [0.717, 1.165) is 36.1 Å². The predicted molar refractivity (Wildman–Crippen MR) is 117 cm³/mol. The van der Waals surface area contributed by atoms with Crippen molar-refractivity contribution in [2.45, 2.75) is 32.3 Å². The molecule has 3 aromatic rings. The Morgan fingerprint density at radius 2 is 2.14 bits per heavy atom. The number of aryl methyl sites for hydroxylation is 1. The molecule has 0 spiro atoms. The number of nitrogens with zero attached hydrogens (tertiary/aromatic N) is 2. The Bertz CT molecular complexity index is 983. The fraction of sp³-hybridized carbons (Fsp3) is 0.364. The lowest BCUT2D eigenvalue weighted by Crippen LogP contribution is -2.40. The van der Waals surface area contributed by atoms with Gasteiger partial charge < -0.3 is 9.47 Å². The number of rotatable bonds is 7. The summed E-state index contributed by atoms with van der Waals surface area (Å²) in [6.45, 7) is 3.28. The van der Waals surface area contributed by atoms with Crippen LogP contribution in [0.2, 0.25) is 5.02 Å². The van der Waals surface area contributed by atoms with Gasteiger partial charge in [0.25, 0.3) is 5.91 Å². The van der Waals surface area contributed by atoms with Crippen molar-refractivity contribution in [2.24, 2.45) is 0 Å². The molecule has 0 aliphatic carbocycles. The minimum absolute atomic E-state index is 0.0344. The Kier molecular flexibility index (Phi) is 6.33. The fourth-order valence-electron chi connectivity index (χ4n) is 3.43. The van der Waals surface area contributed by atoms with Gasteiger partial charge in [0.05, 0.1) is 22.9 Å². The molecule has 0 N–H and O–H groups in total. The van der Waals surface area contributed by atoms with Crippen LogP contribution in [0.4, 0.5) is 5.13 Å². The second kappa shape index (κ2) is 9.11. The summed E-state index contributed by atoms with van der Waals surface area (Å²) in [7, 11) is 0. The molecule has 0 saturated carbocycles. The minimum Gasteiger partial charge on any atom is -0.484 e. The topological polar surface area (TPSA) is 51.7 Å². The van der Waals surface area contributed by atoms with Gasteiger partial charge in [0, 0.05) is 11.6 Å². The number of thiazole rings is 1. The number of halogens is 1. The Hall–Kier alpha value is -2.15. The number of hydrogen-bond donors (Lipinski definition) is 0. The third-order valence-corrected chi connectivity index (χ3v) is 6.29. The number of benzene rings is 2. The van der Waals surface area contributed by atoms with Gasteiger partial charge in [-0.15, -0.1) is 0 Å². The van der Waals surface area contributed by atoms with Crippen LogP contribution in [-0.2, 0) is 16.0 Å². The Morgan fingerprint density at radius 3 is 2.86 bits per heavy atom. The Morgan fingerprint density at radius 1 is 1.31 bits per heavy atom. The van der Waals surface area contributed by atoms with E-state index in [1.807, 2.05) is 6.07 Å². The lowest BCUT2D eigenvalue weighted by Gasteiger charge is -2.23. The van der Waals surface area contributed by atoms with E-state index in [1.165, 1.54) is 16.9 Å². The Balaban J connectivity index is 1.57. The predicted octanol–water partition coefficient (Wildman–Crippen LogP) is 5.10. The van der Waals surface area contributed by atoms with Crippen LogP contribution in [0.5, 0.6) is 5.75 Å². The van der Waals surface area contributed by atoms with Gasteiger partial charge in [0.2, 0.25) is 0 Å². The summed E-state index contributed by atoms with van der Waals surface area (Å²) in [6, 6.07) is 13.2. The van der Waals surface area contributed by atoms with Gasteiger partial charge in [-0.25, -0.2) is 4.98 Å². The molecule has 1 aliphatic rings. The van der Waals surface area contributed by atoms with Crippen molar-refractivity contribution in [1.29, 1.82) is 0 Å². The molecule has 2 heterocycles. The standard InChI is InChI=1S/C22H23ClN2O3S/c1-2-15-5-3-7-19-21(15)24-22(29-19)25(13-18-6-4-12-27-18)20(26)14-28-17-10-8-16(23)9-11-17/h3,5,7-11,18H,2,4,6,12-14H2,1H3. The van der Waals surface area contributed by atoms with Gasteiger partial charge in [-0.2, -0.15) is 0 Å². The zero-order valence-corrected chi connectivity index (χ0v) is 17.8. The lowest BCUT2D eigenvalue weighted by molar-refractivity contribution is -0.120. The SMILES string of the molecule is CCc1cccc2sc(N(CC3CCCO3)C(=O)COc3ccc(Cl)cc3)nc12. The van der Waals surface area contributed by atoms with E-state index < -0.39 is 0 Å². The highest BCUT2D eigenvalue weighted by atomic mass is 35.5. The van der Waals surface area contributed by atoms with Crippen molar-refractivity contribution < 1.29 is 14.3 Å². The van der Waals surface area contributed by atoms with Crippen LogP contribution in [-0.4, -0.2) is 36.8 Å². The van der Waals surface area contributed by atoms with Crippen molar-refractivity contribution in [3.63, 3.8) is 0 Å². The first kappa shape index (κ1) is 20.1. The first-order valence-electron chi connectivity index (χ1n) is 9.83. The molecule has 1 atom stereocenters. The molecule has 1 amide bonds. The van der Waals surface area contributed by atoms with Crippen LogP contribution in [0.3, 0.4) is 0 Å². The van der Waals surface area contributed by atoms with Crippen molar-refractivity contribution in [2.75, 3.05) is 24.7 Å². The second-order valence-corrected chi connectivity index (χ2v) is 8.44. The number of para-hydroxylation sites is 1. The molecule has 4 rings (SSSR count). The fourth-order valence-corrected chi connectivity index (χ4v) is 4.59. The van der Waals surface area contributed by atoms with E-state index in [1.54, 1.807) is 29.2 Å². The van der Waals surface area contributed by atoms with Crippen LogP contribution in [0.25, 0.3) is 10.2 Å². The molecule has 1 saturated heterocycles. The zero-order valence-electron chi connectivity index (χ0n) is 16.3. The monoisotopic (exact) mass is 430 g/mol. The van der Waals surface area contributed by atoms with Gasteiger partial charge in [0.15, 0.2) is 11.7 Å². The number of fused-ring (bicyclic) bond motifs is 1. The van der Waals surface area contributed by atoms with Crippen LogP contribution in [0.15, 0.2) is 42.5 Å². The normalized spacial score (nSPS) is 16.3. The minimum atomic E-state index is -0.132. The van der Waals surface area contributed by atoms with Gasteiger partial charge in [-0.1, -0.05) is 42.0 Å². The summed E-state index contributed by atoms with van der Waals surface area (Å²) in [5.74, 6) is 0.477. The summed E-state index contributed by atoms with van der Waals surface area (Å²) in [5.41, 5.74) is 2.16. The maximum atomic E-state index is 13.1. The number of hydrogen-bond acceptors (Lipinski definition) is 5. The molecular weight excluding hydrogens is 408 g/mol. The summed E-state index contributed by atoms with van der Waals surface area (Å²) in [6.07, 6.45) is 2.91. The average Bonchev–Trinajstić information content (AvgIpc) is 3.40. The number of carbonyl (C=O) groups is 1. The number of ether oxygens (including phenoxy) is 2. The van der Waals surface area contributed by atoms with Crippen LogP contribution >= 0.6 is 22.9 Å². The number of aromatic nitrogens is 1. The summed E-state index contributed by atoms with van der Waals surface area (Å²) in [5, 5.41) is 1.32. The van der Waals surface area contributed by atoms with Crippen molar-refractivity contribution >= 4 is 44.2 Å². The second-order valence-electron chi connectivity index (χ2n) is 7.00. The molecule has 0 bridgehead atoms. The third kappa shape index (κ3) is 4.71. The maximum Gasteiger partial charge on any atom is 0.266 e. The first-order chi connectivity index (χ1) is 14.1. The largest absolute Gasteiger partial charge is 0.484 e. The molecular formula is C22H23ClN2O3S. The molecule has 29 heavy (non-hydrogen) atoms. The highest BCUT2D eigenvalue weighted by Gasteiger charge is 2.26. The van der Waals surface area contributed by atoms with Crippen molar-refractivity contribution in [3.8, 4) is 5.75 Å². The number of anilines is 1. The summed E-state index contributed by atoms with van der Waals surface area (Å²) in [4.78, 5) is 19.6. The van der Waals surface area contributed by atoms with Crippen LogP contribution in [0.1, 0.15) is 25.3 Å². The van der Waals surface area contributed by atoms with Crippen LogP contribution < -0.4 is 9.64 Å². The van der Waals surface area contributed by atoms with Crippen molar-refractivity contribution in [3.05, 3.63) is 53.1 Å². The molecule has 2 aromatic carbocycles. The van der Waals surface area contributed by atoms with E-state index in [-0.39, 0.29) is 18.6 Å². The Labute approximate surface area is 179 Å². The van der Waals surface area contributed by atoms with Gasteiger partial charge >= 0.3 is 0 Å². The number of carbonyl (C=O) groups excluding carboxylic acids is 1. The van der Waals surface area contributed by atoms with Crippen molar-refractivity contribution in [1.82, 2.24) is 4.98 Å². The highest BCUT2D eigenvalue weighted by Crippen LogP contribution is 2.32. The number of amides is 1. The lowest BCUT2D eigenvalue weighted by atomic mass is 10.1. The maximum absolute atomic E-state index is 13.1. The van der Waals surface area contributed by atoms with Crippen LogP contribution in [0, 0.1) is 0 Å².